The second-order valence-corrected chi connectivity index (χ2v) is 12.6. The molecule has 3 heteroatoms. The van der Waals surface area contributed by atoms with Crippen LogP contribution in [0.1, 0.15) is 0 Å². The van der Waals surface area contributed by atoms with Crippen LogP contribution in [0.3, 0.4) is 0 Å². The summed E-state index contributed by atoms with van der Waals surface area (Å²) in [6, 6.07) is 65.1. The van der Waals surface area contributed by atoms with Crippen molar-refractivity contribution in [3.63, 3.8) is 0 Å². The van der Waals surface area contributed by atoms with E-state index in [9.17, 15) is 0 Å². The molecule has 0 N–H and O–H groups in total. The number of anilines is 3. The van der Waals surface area contributed by atoms with E-state index in [2.05, 4.69) is 179 Å². The molecule has 10 aromatic rings. The predicted octanol–water partition coefficient (Wildman–Crippen LogP) is 13.0. The summed E-state index contributed by atoms with van der Waals surface area (Å²) < 4.78 is 8.66. The van der Waals surface area contributed by atoms with Crippen LogP contribution >= 0.6 is 0 Å². The van der Waals surface area contributed by atoms with Crippen molar-refractivity contribution in [3.05, 3.63) is 182 Å². The first kappa shape index (κ1) is 27.5. The van der Waals surface area contributed by atoms with Crippen LogP contribution in [0.15, 0.2) is 186 Å². The predicted molar refractivity (Wildman–Crippen MR) is 206 cm³/mol. The van der Waals surface area contributed by atoms with Crippen LogP contribution in [-0.2, 0) is 0 Å². The van der Waals surface area contributed by atoms with Gasteiger partial charge in [0.25, 0.3) is 0 Å². The Morgan fingerprint density at radius 3 is 1.84 bits per heavy atom. The Balaban J connectivity index is 1.18. The van der Waals surface area contributed by atoms with Crippen molar-refractivity contribution in [1.29, 1.82) is 0 Å². The van der Waals surface area contributed by atoms with Crippen LogP contribution in [0.25, 0.3) is 71.3 Å². The summed E-state index contributed by atoms with van der Waals surface area (Å²) in [5.41, 5.74) is 11.0. The molecular weight excluding hydrogens is 597 g/mol. The number of hydrogen-bond acceptors (Lipinski definition) is 2. The number of nitrogens with zero attached hydrogens (tertiary/aromatic N) is 2. The number of benzene rings is 8. The van der Waals surface area contributed by atoms with E-state index in [1.54, 1.807) is 0 Å². The molecular formula is C46H30N2O. The molecule has 0 saturated heterocycles. The van der Waals surface area contributed by atoms with E-state index < -0.39 is 0 Å². The molecule has 0 radical (unpaired) electrons. The molecule has 2 aromatic heterocycles. The highest BCUT2D eigenvalue weighted by atomic mass is 16.3. The van der Waals surface area contributed by atoms with Gasteiger partial charge in [-0.05, 0) is 101 Å². The maximum Gasteiger partial charge on any atom is 0.136 e. The third kappa shape index (κ3) is 4.51. The van der Waals surface area contributed by atoms with Crippen molar-refractivity contribution >= 4 is 71.6 Å². The summed E-state index contributed by atoms with van der Waals surface area (Å²) in [5.74, 6) is 0. The summed E-state index contributed by atoms with van der Waals surface area (Å²) in [4.78, 5) is 2.37. The third-order valence-electron chi connectivity index (χ3n) is 9.74. The SMILES string of the molecule is c1ccc(-c2ccc(N(c3ccc4cc5c(cc4c3)oc3ccccc35)c3ccc4c(c3)c3ccccc3n4-c3ccccc3)cc2)cc1. The van der Waals surface area contributed by atoms with Crippen molar-refractivity contribution in [2.24, 2.45) is 0 Å². The smallest absolute Gasteiger partial charge is 0.136 e. The van der Waals surface area contributed by atoms with Crippen LogP contribution < -0.4 is 4.90 Å². The highest BCUT2D eigenvalue weighted by molar-refractivity contribution is 6.12. The molecule has 0 aliphatic carbocycles. The monoisotopic (exact) mass is 626 g/mol. The van der Waals surface area contributed by atoms with Crippen LogP contribution in [0.4, 0.5) is 17.1 Å². The molecule has 230 valence electrons. The zero-order chi connectivity index (χ0) is 32.3. The number of hydrogen-bond donors (Lipinski definition) is 0. The molecule has 0 unspecified atom stereocenters. The fourth-order valence-corrected chi connectivity index (χ4v) is 7.43. The molecule has 0 aliphatic rings. The largest absolute Gasteiger partial charge is 0.456 e. The number of furan rings is 1. The molecule has 0 spiro atoms. The molecule has 2 heterocycles. The Hall–Kier alpha value is -6.58. The molecule has 8 aromatic carbocycles. The zero-order valence-corrected chi connectivity index (χ0v) is 26.6. The third-order valence-corrected chi connectivity index (χ3v) is 9.74. The standard InChI is InChI=1S/C46H30N2O/c1-3-11-31(12-4-1)32-19-22-36(23-20-32)47(37-24-21-33-28-42-40-16-8-10-18-45(40)49-46(42)29-34(33)27-37)38-25-26-44-41(30-38)39-15-7-9-17-43(39)48(44)35-13-5-2-6-14-35/h1-30H. The molecule has 0 bridgehead atoms. The first-order chi connectivity index (χ1) is 24.3. The van der Waals surface area contributed by atoms with Crippen molar-refractivity contribution in [1.82, 2.24) is 4.57 Å². The Morgan fingerprint density at radius 2 is 1.00 bits per heavy atom. The second kappa shape index (κ2) is 11.0. The van der Waals surface area contributed by atoms with E-state index in [0.29, 0.717) is 0 Å². The quantitative estimate of drug-likeness (QED) is 0.190. The van der Waals surface area contributed by atoms with Gasteiger partial charge in [-0.25, -0.2) is 0 Å². The maximum atomic E-state index is 6.30. The number of fused-ring (bicyclic) bond motifs is 7. The van der Waals surface area contributed by atoms with Crippen LogP contribution in [0, 0.1) is 0 Å². The van der Waals surface area contributed by atoms with E-state index in [-0.39, 0.29) is 0 Å². The van der Waals surface area contributed by atoms with E-state index in [1.807, 2.05) is 12.1 Å². The lowest BCUT2D eigenvalue weighted by Crippen LogP contribution is -2.10. The lowest BCUT2D eigenvalue weighted by atomic mass is 10.0. The first-order valence-electron chi connectivity index (χ1n) is 16.7. The van der Waals surface area contributed by atoms with Crippen molar-refractivity contribution in [2.75, 3.05) is 4.90 Å². The molecule has 0 fully saturated rings. The van der Waals surface area contributed by atoms with Gasteiger partial charge in [-0.2, -0.15) is 0 Å². The Bertz CT molecular complexity index is 2810. The summed E-state index contributed by atoms with van der Waals surface area (Å²) in [6.45, 7) is 0. The van der Waals surface area contributed by atoms with E-state index in [4.69, 9.17) is 4.42 Å². The fraction of sp³-hybridized carbons (Fsp3) is 0. The molecule has 0 saturated carbocycles. The van der Waals surface area contributed by atoms with Crippen molar-refractivity contribution in [2.45, 2.75) is 0 Å². The van der Waals surface area contributed by atoms with Gasteiger partial charge < -0.3 is 13.9 Å². The van der Waals surface area contributed by atoms with Gasteiger partial charge in [-0.15, -0.1) is 0 Å². The van der Waals surface area contributed by atoms with E-state index >= 15 is 0 Å². The lowest BCUT2D eigenvalue weighted by molar-refractivity contribution is 0.669. The van der Waals surface area contributed by atoms with Gasteiger partial charge in [0.15, 0.2) is 0 Å². The summed E-state index contributed by atoms with van der Waals surface area (Å²) >= 11 is 0. The van der Waals surface area contributed by atoms with Crippen molar-refractivity contribution < 1.29 is 4.42 Å². The van der Waals surface area contributed by atoms with Gasteiger partial charge in [0.05, 0.1) is 11.0 Å². The average Bonchev–Trinajstić information content (AvgIpc) is 3.70. The number of para-hydroxylation sites is 3. The van der Waals surface area contributed by atoms with Gasteiger partial charge in [0.2, 0.25) is 0 Å². The summed E-state index contributed by atoms with van der Waals surface area (Å²) in [5, 5.41) is 7.05. The van der Waals surface area contributed by atoms with E-state index in [0.717, 1.165) is 50.1 Å². The topological polar surface area (TPSA) is 21.3 Å². The zero-order valence-electron chi connectivity index (χ0n) is 26.6. The van der Waals surface area contributed by atoms with Gasteiger partial charge in [0, 0.05) is 44.3 Å². The molecule has 0 amide bonds. The lowest BCUT2D eigenvalue weighted by Gasteiger charge is -2.26. The highest BCUT2D eigenvalue weighted by Crippen LogP contribution is 2.42. The minimum atomic E-state index is 0.903. The maximum absolute atomic E-state index is 6.30. The van der Waals surface area contributed by atoms with Crippen LogP contribution in [0.5, 0.6) is 0 Å². The number of aromatic nitrogens is 1. The molecule has 3 nitrogen and oxygen atoms in total. The van der Waals surface area contributed by atoms with Gasteiger partial charge >= 0.3 is 0 Å². The van der Waals surface area contributed by atoms with Crippen LogP contribution in [-0.4, -0.2) is 4.57 Å². The fourth-order valence-electron chi connectivity index (χ4n) is 7.43. The Kier molecular flexibility index (Phi) is 6.18. The van der Waals surface area contributed by atoms with E-state index in [1.165, 1.54) is 38.3 Å². The molecule has 0 aliphatic heterocycles. The molecule has 10 rings (SSSR count). The highest BCUT2D eigenvalue weighted by Gasteiger charge is 2.18. The minimum Gasteiger partial charge on any atom is -0.456 e. The average molecular weight is 627 g/mol. The molecule has 0 atom stereocenters. The van der Waals surface area contributed by atoms with Gasteiger partial charge in [-0.1, -0.05) is 103 Å². The van der Waals surface area contributed by atoms with Crippen LogP contribution in [0.2, 0.25) is 0 Å². The number of rotatable bonds is 5. The Labute approximate surface area is 283 Å². The normalized spacial score (nSPS) is 11.7. The van der Waals surface area contributed by atoms with Gasteiger partial charge in [-0.3, -0.25) is 0 Å². The first-order valence-corrected chi connectivity index (χ1v) is 16.7. The second-order valence-electron chi connectivity index (χ2n) is 12.6. The Morgan fingerprint density at radius 1 is 0.367 bits per heavy atom. The molecule has 49 heavy (non-hydrogen) atoms. The van der Waals surface area contributed by atoms with Crippen molar-refractivity contribution in [3.8, 4) is 16.8 Å². The van der Waals surface area contributed by atoms with Gasteiger partial charge in [0.1, 0.15) is 11.2 Å². The summed E-state index contributed by atoms with van der Waals surface area (Å²) in [6.07, 6.45) is 0. The minimum absolute atomic E-state index is 0.903. The summed E-state index contributed by atoms with van der Waals surface area (Å²) in [7, 11) is 0.